The van der Waals surface area contributed by atoms with Crippen molar-refractivity contribution in [3.63, 3.8) is 0 Å². The molecule has 2 heteroatoms. The molecule has 10 heavy (non-hydrogen) atoms. The smallest absolute Gasteiger partial charge is 0.0172 e. The van der Waals surface area contributed by atoms with Gasteiger partial charge in [0.05, 0.1) is 0 Å². The summed E-state index contributed by atoms with van der Waals surface area (Å²) < 4.78 is 0. The highest BCUT2D eigenvalue weighted by Gasteiger charge is 2.26. The van der Waals surface area contributed by atoms with Crippen LogP contribution in [0.5, 0.6) is 0 Å². The van der Waals surface area contributed by atoms with E-state index in [2.05, 4.69) is 34.6 Å². The van der Waals surface area contributed by atoms with E-state index in [9.17, 15) is 0 Å². The van der Waals surface area contributed by atoms with Crippen LogP contribution in [0.2, 0.25) is 0 Å². The molecule has 0 aromatic carbocycles. The van der Waals surface area contributed by atoms with Gasteiger partial charge in [-0.1, -0.05) is 27.7 Å². The minimum atomic E-state index is 0. The lowest BCUT2D eigenvalue weighted by Gasteiger charge is -2.33. The van der Waals surface area contributed by atoms with Gasteiger partial charge in [0.2, 0.25) is 0 Å². The normalized spacial score (nSPS) is 12.0. The first kappa shape index (κ1) is 13.1. The lowest BCUT2D eigenvalue weighted by molar-refractivity contribution is 0.250. The lowest BCUT2D eigenvalue weighted by atomic mass is 9.80. The Kier molecular flexibility index (Phi) is 5.68. The number of rotatable bonds is 2. The molecule has 0 bridgehead atoms. The maximum absolute atomic E-state index is 6.00. The zero-order valence-electron chi connectivity index (χ0n) is 7.64. The van der Waals surface area contributed by atoms with Crippen LogP contribution < -0.4 is 5.73 Å². The van der Waals surface area contributed by atoms with Crippen molar-refractivity contribution < 1.29 is 0 Å². The molecule has 0 aliphatic heterocycles. The monoisotopic (exact) mass is 209 g/mol. The average molecular weight is 210 g/mol. The molecule has 64 valence electrons. The van der Waals surface area contributed by atoms with Crippen LogP contribution in [0.3, 0.4) is 0 Å². The summed E-state index contributed by atoms with van der Waals surface area (Å²) in [6, 6.07) is 0. The highest BCUT2D eigenvalue weighted by Crippen LogP contribution is 2.21. The summed E-state index contributed by atoms with van der Waals surface area (Å²) in [4.78, 5) is 0. The molecule has 0 aromatic heterocycles. The second-order valence-electron chi connectivity index (χ2n) is 3.68. The molecule has 1 nitrogen and oxygen atoms in total. The van der Waals surface area contributed by atoms with Crippen LogP contribution in [-0.4, -0.2) is 5.54 Å². The zero-order chi connectivity index (χ0) is 7.65. The Morgan fingerprint density at radius 1 is 1.00 bits per heavy atom. The van der Waals surface area contributed by atoms with E-state index in [1.54, 1.807) is 0 Å². The van der Waals surface area contributed by atoms with Crippen molar-refractivity contribution in [1.82, 2.24) is 0 Å². The van der Waals surface area contributed by atoms with Crippen LogP contribution in [0, 0.1) is 11.8 Å². The maximum Gasteiger partial charge on any atom is 0.0172 e. The third-order valence-corrected chi connectivity index (χ3v) is 2.49. The van der Waals surface area contributed by atoms with Crippen LogP contribution in [0.1, 0.15) is 34.6 Å². The van der Waals surface area contributed by atoms with Gasteiger partial charge in [0, 0.05) is 5.54 Å². The number of nitrogens with two attached hydrogens (primary N) is 1. The number of hydrogen-bond donors (Lipinski definition) is 1. The van der Waals surface area contributed by atoms with E-state index >= 15 is 0 Å². The Bertz CT molecular complexity index is 77.3. The first-order valence-corrected chi connectivity index (χ1v) is 3.68. The standard InChI is InChI=1S/C8H19N.BrH/c1-6(2)8(5,9)7(3)4;/h6-7H,9H2,1-5H3;1H. The molecule has 0 radical (unpaired) electrons. The molecule has 0 heterocycles. The van der Waals surface area contributed by atoms with E-state index in [1.165, 1.54) is 0 Å². The third-order valence-electron chi connectivity index (χ3n) is 2.49. The van der Waals surface area contributed by atoms with E-state index < -0.39 is 0 Å². The van der Waals surface area contributed by atoms with Crippen molar-refractivity contribution in [3.8, 4) is 0 Å². The van der Waals surface area contributed by atoms with Gasteiger partial charge < -0.3 is 5.73 Å². The summed E-state index contributed by atoms with van der Waals surface area (Å²) in [6.07, 6.45) is 0. The van der Waals surface area contributed by atoms with Crippen molar-refractivity contribution >= 4 is 17.0 Å². The SMILES string of the molecule is Br.CC(C)C(C)(N)C(C)C. The minimum Gasteiger partial charge on any atom is -0.325 e. The number of hydrogen-bond acceptors (Lipinski definition) is 1. The van der Waals surface area contributed by atoms with Crippen molar-refractivity contribution in [2.24, 2.45) is 17.6 Å². The van der Waals surface area contributed by atoms with Gasteiger partial charge in [-0.3, -0.25) is 0 Å². The molecule has 0 spiro atoms. The Morgan fingerprint density at radius 2 is 1.20 bits per heavy atom. The van der Waals surface area contributed by atoms with Gasteiger partial charge in [0.1, 0.15) is 0 Å². The quantitative estimate of drug-likeness (QED) is 0.744. The van der Waals surface area contributed by atoms with Crippen LogP contribution >= 0.6 is 17.0 Å². The van der Waals surface area contributed by atoms with E-state index in [0.29, 0.717) is 11.8 Å². The molecule has 0 aromatic rings. The molecule has 0 saturated carbocycles. The van der Waals surface area contributed by atoms with Crippen molar-refractivity contribution in [2.45, 2.75) is 40.2 Å². The fourth-order valence-corrected chi connectivity index (χ4v) is 0.667. The summed E-state index contributed by atoms with van der Waals surface area (Å²) in [5.41, 5.74) is 6.00. The molecule has 0 rings (SSSR count). The highest BCUT2D eigenvalue weighted by molar-refractivity contribution is 8.93. The molecular weight excluding hydrogens is 190 g/mol. The van der Waals surface area contributed by atoms with Gasteiger partial charge in [-0.25, -0.2) is 0 Å². The van der Waals surface area contributed by atoms with Gasteiger partial charge in [-0.2, -0.15) is 0 Å². The van der Waals surface area contributed by atoms with Crippen LogP contribution in [0.15, 0.2) is 0 Å². The molecule has 2 N–H and O–H groups in total. The van der Waals surface area contributed by atoms with Gasteiger partial charge >= 0.3 is 0 Å². The van der Waals surface area contributed by atoms with Crippen molar-refractivity contribution in [3.05, 3.63) is 0 Å². The molecule has 0 fully saturated rings. The fourth-order valence-electron chi connectivity index (χ4n) is 0.667. The topological polar surface area (TPSA) is 26.0 Å². The summed E-state index contributed by atoms with van der Waals surface area (Å²) in [5, 5.41) is 0. The fraction of sp³-hybridized carbons (Fsp3) is 1.00. The summed E-state index contributed by atoms with van der Waals surface area (Å²) >= 11 is 0. The highest BCUT2D eigenvalue weighted by atomic mass is 79.9. The summed E-state index contributed by atoms with van der Waals surface area (Å²) in [7, 11) is 0. The first-order valence-electron chi connectivity index (χ1n) is 3.68. The van der Waals surface area contributed by atoms with E-state index in [0.717, 1.165) is 0 Å². The molecule has 0 amide bonds. The zero-order valence-corrected chi connectivity index (χ0v) is 9.35. The van der Waals surface area contributed by atoms with Gasteiger partial charge in [0.25, 0.3) is 0 Å². The van der Waals surface area contributed by atoms with E-state index in [-0.39, 0.29) is 22.5 Å². The first-order chi connectivity index (χ1) is 3.89. The molecule has 0 aliphatic carbocycles. The Balaban J connectivity index is 0. The van der Waals surface area contributed by atoms with Crippen LogP contribution in [0.25, 0.3) is 0 Å². The molecule has 0 saturated heterocycles. The van der Waals surface area contributed by atoms with E-state index in [4.69, 9.17) is 5.73 Å². The van der Waals surface area contributed by atoms with Crippen molar-refractivity contribution in [1.29, 1.82) is 0 Å². The summed E-state index contributed by atoms with van der Waals surface area (Å²) in [5.74, 6) is 1.13. The van der Waals surface area contributed by atoms with Crippen LogP contribution in [0.4, 0.5) is 0 Å². The average Bonchev–Trinajstić information content (AvgIpc) is 1.65. The minimum absolute atomic E-state index is 0. The largest absolute Gasteiger partial charge is 0.325 e. The maximum atomic E-state index is 6.00. The Hall–Kier alpha value is 0.440. The molecule has 0 aliphatic rings. The Labute approximate surface area is 75.1 Å². The second kappa shape index (κ2) is 4.35. The predicted octanol–water partition coefficient (Wildman–Crippen LogP) is 2.59. The van der Waals surface area contributed by atoms with E-state index in [1.807, 2.05) is 0 Å². The number of halogens is 1. The molecular formula is C8H20BrN. The molecule has 0 unspecified atom stereocenters. The third kappa shape index (κ3) is 3.02. The van der Waals surface area contributed by atoms with Gasteiger partial charge in [-0.15, -0.1) is 17.0 Å². The second-order valence-corrected chi connectivity index (χ2v) is 3.68. The van der Waals surface area contributed by atoms with Gasteiger partial charge in [-0.05, 0) is 18.8 Å². The predicted molar refractivity (Wildman–Crippen MR) is 52.6 cm³/mol. The Morgan fingerprint density at radius 3 is 1.20 bits per heavy atom. The van der Waals surface area contributed by atoms with Crippen LogP contribution in [-0.2, 0) is 0 Å². The van der Waals surface area contributed by atoms with Gasteiger partial charge in [0.15, 0.2) is 0 Å². The lowest BCUT2D eigenvalue weighted by Crippen LogP contribution is -2.46. The summed E-state index contributed by atoms with van der Waals surface area (Å²) in [6.45, 7) is 10.8. The van der Waals surface area contributed by atoms with Crippen molar-refractivity contribution in [2.75, 3.05) is 0 Å². The molecule has 0 atom stereocenters.